The van der Waals surface area contributed by atoms with Gasteiger partial charge in [-0.2, -0.15) is 0 Å². The lowest BCUT2D eigenvalue weighted by atomic mass is 10.1. The minimum absolute atomic E-state index is 0.0270. The largest absolute Gasteiger partial charge is 0.480 e. The van der Waals surface area contributed by atoms with E-state index < -0.39 is 12.0 Å². The van der Waals surface area contributed by atoms with Gasteiger partial charge in [0.2, 0.25) is 5.91 Å². The van der Waals surface area contributed by atoms with E-state index in [-0.39, 0.29) is 18.7 Å². The molecule has 0 spiro atoms. The van der Waals surface area contributed by atoms with Gasteiger partial charge in [0.1, 0.15) is 6.04 Å². The van der Waals surface area contributed by atoms with Crippen LogP contribution in [-0.4, -0.2) is 41.0 Å². The lowest BCUT2D eigenvalue weighted by Gasteiger charge is -2.15. The van der Waals surface area contributed by atoms with Gasteiger partial charge in [0.05, 0.1) is 0 Å². The van der Waals surface area contributed by atoms with Crippen molar-refractivity contribution in [2.24, 2.45) is 5.73 Å². The molecule has 1 aliphatic heterocycles. The average molecular weight is 200 g/mol. The molecule has 5 heteroatoms. The van der Waals surface area contributed by atoms with Crippen LogP contribution in [0.25, 0.3) is 0 Å². The summed E-state index contributed by atoms with van der Waals surface area (Å²) in [6.07, 6.45) is 2.57. The second-order valence-corrected chi connectivity index (χ2v) is 3.57. The standard InChI is InChI=1S/C9H16N2O3/c10-7(9(13)14)3-4-8(12)11-5-1-2-6-11/h7H,1-6,10H2,(H,13,14)/t7-/m1/s1. The number of carboxylic acids is 1. The zero-order valence-corrected chi connectivity index (χ0v) is 8.11. The third-order valence-corrected chi connectivity index (χ3v) is 2.45. The molecule has 0 radical (unpaired) electrons. The van der Waals surface area contributed by atoms with Crippen LogP contribution in [-0.2, 0) is 9.59 Å². The van der Waals surface area contributed by atoms with Crippen molar-refractivity contribution in [3.8, 4) is 0 Å². The van der Waals surface area contributed by atoms with Crippen molar-refractivity contribution in [2.45, 2.75) is 31.7 Å². The molecule has 1 aliphatic rings. The minimum atomic E-state index is -1.04. The van der Waals surface area contributed by atoms with Crippen molar-refractivity contribution in [2.75, 3.05) is 13.1 Å². The first-order valence-electron chi connectivity index (χ1n) is 4.87. The number of hydrogen-bond acceptors (Lipinski definition) is 3. The third kappa shape index (κ3) is 2.99. The second kappa shape index (κ2) is 4.95. The number of carbonyl (C=O) groups is 2. The Kier molecular flexibility index (Phi) is 3.88. The predicted molar refractivity (Wildman–Crippen MR) is 50.7 cm³/mol. The maximum absolute atomic E-state index is 11.4. The molecular formula is C9H16N2O3. The van der Waals surface area contributed by atoms with Crippen molar-refractivity contribution in [1.29, 1.82) is 0 Å². The molecule has 0 aromatic rings. The van der Waals surface area contributed by atoms with Gasteiger partial charge in [-0.25, -0.2) is 0 Å². The summed E-state index contributed by atoms with van der Waals surface area (Å²) in [5.74, 6) is -1.02. The summed E-state index contributed by atoms with van der Waals surface area (Å²) in [5, 5.41) is 8.51. The number of carboxylic acid groups (broad SMARTS) is 1. The fraction of sp³-hybridized carbons (Fsp3) is 0.778. The van der Waals surface area contributed by atoms with Gasteiger partial charge in [-0.1, -0.05) is 0 Å². The van der Waals surface area contributed by atoms with Crippen LogP contribution < -0.4 is 5.73 Å². The molecule has 0 aliphatic carbocycles. The van der Waals surface area contributed by atoms with E-state index in [4.69, 9.17) is 10.8 Å². The minimum Gasteiger partial charge on any atom is -0.480 e. The van der Waals surface area contributed by atoms with Crippen molar-refractivity contribution in [3.05, 3.63) is 0 Å². The molecule has 1 fully saturated rings. The van der Waals surface area contributed by atoms with E-state index in [1.165, 1.54) is 0 Å². The lowest BCUT2D eigenvalue weighted by molar-refractivity contribution is -0.139. The average Bonchev–Trinajstić information content (AvgIpc) is 2.66. The van der Waals surface area contributed by atoms with Crippen LogP contribution in [0.15, 0.2) is 0 Å². The van der Waals surface area contributed by atoms with E-state index in [1.54, 1.807) is 4.90 Å². The fourth-order valence-electron chi connectivity index (χ4n) is 1.53. The van der Waals surface area contributed by atoms with Gasteiger partial charge in [-0.3, -0.25) is 9.59 Å². The van der Waals surface area contributed by atoms with E-state index in [1.807, 2.05) is 0 Å². The van der Waals surface area contributed by atoms with Gasteiger partial charge in [-0.15, -0.1) is 0 Å². The zero-order chi connectivity index (χ0) is 10.6. The van der Waals surface area contributed by atoms with Crippen LogP contribution in [0, 0.1) is 0 Å². The molecule has 14 heavy (non-hydrogen) atoms. The summed E-state index contributed by atoms with van der Waals surface area (Å²) >= 11 is 0. The summed E-state index contributed by atoms with van der Waals surface area (Å²) in [6, 6.07) is -0.915. The van der Waals surface area contributed by atoms with Crippen LogP contribution in [0.5, 0.6) is 0 Å². The summed E-state index contributed by atoms with van der Waals surface area (Å²) in [6.45, 7) is 1.61. The molecule has 1 heterocycles. The Bertz CT molecular complexity index is 224. The van der Waals surface area contributed by atoms with Crippen molar-refractivity contribution >= 4 is 11.9 Å². The zero-order valence-electron chi connectivity index (χ0n) is 8.11. The Balaban J connectivity index is 2.23. The van der Waals surface area contributed by atoms with Gasteiger partial charge >= 0.3 is 5.97 Å². The number of hydrogen-bond donors (Lipinski definition) is 2. The molecule has 0 saturated carbocycles. The topological polar surface area (TPSA) is 83.6 Å². The predicted octanol–water partition coefficient (Wildman–Crippen LogP) is -0.199. The quantitative estimate of drug-likeness (QED) is 0.658. The first-order valence-corrected chi connectivity index (χ1v) is 4.87. The summed E-state index contributed by atoms with van der Waals surface area (Å²) < 4.78 is 0. The van der Waals surface area contributed by atoms with Crippen molar-refractivity contribution in [3.63, 3.8) is 0 Å². The molecule has 0 unspecified atom stereocenters. The smallest absolute Gasteiger partial charge is 0.320 e. The van der Waals surface area contributed by atoms with Crippen molar-refractivity contribution in [1.82, 2.24) is 4.90 Å². The molecule has 5 nitrogen and oxygen atoms in total. The van der Waals surface area contributed by atoms with Gasteiger partial charge in [0.15, 0.2) is 0 Å². The third-order valence-electron chi connectivity index (χ3n) is 2.45. The van der Waals surface area contributed by atoms with E-state index in [9.17, 15) is 9.59 Å². The van der Waals surface area contributed by atoms with E-state index >= 15 is 0 Å². The number of aliphatic carboxylic acids is 1. The molecule has 1 atom stereocenters. The number of nitrogens with two attached hydrogens (primary N) is 1. The molecule has 0 aromatic carbocycles. The molecule has 80 valence electrons. The van der Waals surface area contributed by atoms with Crippen LogP contribution >= 0.6 is 0 Å². The number of nitrogens with zero attached hydrogens (tertiary/aromatic N) is 1. The van der Waals surface area contributed by atoms with Crippen LogP contribution in [0.3, 0.4) is 0 Å². The Hall–Kier alpha value is -1.10. The highest BCUT2D eigenvalue weighted by atomic mass is 16.4. The van der Waals surface area contributed by atoms with Crippen LogP contribution in [0.2, 0.25) is 0 Å². The van der Waals surface area contributed by atoms with Crippen LogP contribution in [0.4, 0.5) is 0 Å². The highest BCUT2D eigenvalue weighted by molar-refractivity contribution is 5.78. The fourth-order valence-corrected chi connectivity index (χ4v) is 1.53. The Morgan fingerprint density at radius 3 is 2.43 bits per heavy atom. The summed E-state index contributed by atoms with van der Waals surface area (Å²) in [5.41, 5.74) is 5.29. The van der Waals surface area contributed by atoms with Crippen molar-refractivity contribution < 1.29 is 14.7 Å². The molecule has 1 saturated heterocycles. The molecule has 1 rings (SSSR count). The molecule has 0 aromatic heterocycles. The molecular weight excluding hydrogens is 184 g/mol. The monoisotopic (exact) mass is 200 g/mol. The highest BCUT2D eigenvalue weighted by Crippen LogP contribution is 2.10. The van der Waals surface area contributed by atoms with E-state index in [0.29, 0.717) is 0 Å². The van der Waals surface area contributed by atoms with E-state index in [2.05, 4.69) is 0 Å². The SMILES string of the molecule is N[C@H](CCC(=O)N1CCCC1)C(=O)O. The first-order chi connectivity index (χ1) is 6.61. The maximum atomic E-state index is 11.4. The number of carbonyl (C=O) groups excluding carboxylic acids is 1. The van der Waals surface area contributed by atoms with Gasteiger partial charge in [0.25, 0.3) is 0 Å². The summed E-state index contributed by atoms with van der Waals surface area (Å²) in [4.78, 5) is 23.6. The Morgan fingerprint density at radius 1 is 1.36 bits per heavy atom. The summed E-state index contributed by atoms with van der Waals surface area (Å²) in [7, 11) is 0. The maximum Gasteiger partial charge on any atom is 0.320 e. The number of rotatable bonds is 4. The highest BCUT2D eigenvalue weighted by Gasteiger charge is 2.19. The molecule has 1 amide bonds. The molecule has 3 N–H and O–H groups in total. The Labute approximate surface area is 82.9 Å². The second-order valence-electron chi connectivity index (χ2n) is 3.57. The van der Waals surface area contributed by atoms with Crippen LogP contribution in [0.1, 0.15) is 25.7 Å². The Morgan fingerprint density at radius 2 is 1.93 bits per heavy atom. The van der Waals surface area contributed by atoms with E-state index in [0.717, 1.165) is 25.9 Å². The number of likely N-dealkylation sites (tertiary alicyclic amines) is 1. The number of amides is 1. The normalized spacial score (nSPS) is 18.2. The molecule has 0 bridgehead atoms. The van der Waals surface area contributed by atoms with Gasteiger partial charge in [0, 0.05) is 19.5 Å². The van der Waals surface area contributed by atoms with Gasteiger partial charge < -0.3 is 15.7 Å². The lowest BCUT2D eigenvalue weighted by Crippen LogP contribution is -2.33. The van der Waals surface area contributed by atoms with Gasteiger partial charge in [-0.05, 0) is 19.3 Å². The first kappa shape index (κ1) is 11.0.